The van der Waals surface area contributed by atoms with Crippen LogP contribution in [0.5, 0.6) is 0 Å². The summed E-state index contributed by atoms with van der Waals surface area (Å²) in [5.41, 5.74) is 2.29. The smallest absolute Gasteiger partial charge is 0.278 e. The first-order chi connectivity index (χ1) is 13.7. The first-order valence-electron chi connectivity index (χ1n) is 8.69. The van der Waals surface area contributed by atoms with E-state index in [4.69, 9.17) is 9.26 Å². The average Bonchev–Trinajstić information content (AvgIpc) is 3.35. The van der Waals surface area contributed by atoms with Gasteiger partial charge < -0.3 is 13.8 Å². The van der Waals surface area contributed by atoms with Crippen LogP contribution in [-0.2, 0) is 17.9 Å². The number of rotatable bonds is 3. The van der Waals surface area contributed by atoms with Gasteiger partial charge in [-0.05, 0) is 18.2 Å². The van der Waals surface area contributed by atoms with Gasteiger partial charge in [0.2, 0.25) is 5.82 Å². The zero-order valence-electron chi connectivity index (χ0n) is 14.5. The van der Waals surface area contributed by atoms with Crippen molar-refractivity contribution in [2.45, 2.75) is 19.3 Å². The Bertz CT molecular complexity index is 1150. The number of imidazole rings is 1. The highest BCUT2D eigenvalue weighted by atomic mass is 19.1. The summed E-state index contributed by atoms with van der Waals surface area (Å²) in [5, 5.41) is 3.91. The third-order valence-electron chi connectivity index (χ3n) is 4.69. The van der Waals surface area contributed by atoms with E-state index in [0.717, 1.165) is 5.69 Å². The second-order valence-electron chi connectivity index (χ2n) is 6.45. The topological polar surface area (TPSA) is 66.0 Å². The Kier molecular flexibility index (Phi) is 3.98. The highest BCUT2D eigenvalue weighted by Crippen LogP contribution is 2.32. The maximum atomic E-state index is 14.0. The van der Waals surface area contributed by atoms with Gasteiger partial charge >= 0.3 is 0 Å². The molecule has 3 heterocycles. The number of benzene rings is 2. The van der Waals surface area contributed by atoms with E-state index in [9.17, 15) is 8.78 Å². The van der Waals surface area contributed by atoms with E-state index in [1.807, 2.05) is 4.57 Å². The summed E-state index contributed by atoms with van der Waals surface area (Å²) in [7, 11) is 0. The van der Waals surface area contributed by atoms with Gasteiger partial charge in [-0.3, -0.25) is 0 Å². The van der Waals surface area contributed by atoms with Crippen molar-refractivity contribution in [2.24, 2.45) is 0 Å². The zero-order valence-corrected chi connectivity index (χ0v) is 14.5. The average molecular weight is 380 g/mol. The molecule has 0 spiro atoms. The number of halogens is 2. The van der Waals surface area contributed by atoms with Gasteiger partial charge in [-0.15, -0.1) is 0 Å². The lowest BCUT2D eigenvalue weighted by atomic mass is 10.1. The van der Waals surface area contributed by atoms with Crippen molar-refractivity contribution < 1.29 is 18.0 Å². The van der Waals surface area contributed by atoms with Crippen molar-refractivity contribution >= 4 is 0 Å². The molecule has 1 aliphatic heterocycles. The Labute approximate surface area is 158 Å². The molecular weight excluding hydrogens is 366 g/mol. The third kappa shape index (κ3) is 2.87. The van der Waals surface area contributed by atoms with Crippen LogP contribution in [0.2, 0.25) is 0 Å². The standard InChI is InChI=1S/C20H14F2N4O2/c21-13-5-3-4-12(8-13)19-24-20(28-25-19)18-16-10-27-17(9-26(16)11-23-18)14-6-1-2-7-15(14)22/h1-8,11,17H,9-10H2/t17-/m0/s1. The highest BCUT2D eigenvalue weighted by Gasteiger charge is 2.27. The largest absolute Gasteiger partial charge is 0.365 e. The fourth-order valence-corrected chi connectivity index (χ4v) is 3.29. The second-order valence-corrected chi connectivity index (χ2v) is 6.45. The van der Waals surface area contributed by atoms with Crippen molar-refractivity contribution in [3.05, 3.63) is 77.8 Å². The zero-order chi connectivity index (χ0) is 19.1. The Balaban J connectivity index is 1.44. The van der Waals surface area contributed by atoms with Gasteiger partial charge in [0.05, 0.1) is 25.2 Å². The van der Waals surface area contributed by atoms with Gasteiger partial charge in [-0.25, -0.2) is 13.8 Å². The van der Waals surface area contributed by atoms with Gasteiger partial charge in [0.25, 0.3) is 5.89 Å². The SMILES string of the molecule is Fc1cccc(-c2noc(-c3ncn4c3CO[C@H](c3ccccc3F)C4)n2)c1. The normalized spacial score (nSPS) is 16.1. The maximum absolute atomic E-state index is 14.0. The van der Waals surface area contributed by atoms with Gasteiger partial charge in [-0.2, -0.15) is 4.98 Å². The molecular formula is C20H14F2N4O2. The Morgan fingerprint density at radius 2 is 1.96 bits per heavy atom. The maximum Gasteiger partial charge on any atom is 0.278 e. The second kappa shape index (κ2) is 6.65. The number of hydrogen-bond acceptors (Lipinski definition) is 5. The van der Waals surface area contributed by atoms with E-state index < -0.39 is 6.10 Å². The molecule has 4 aromatic rings. The molecule has 0 amide bonds. The molecule has 0 aliphatic carbocycles. The number of fused-ring (bicyclic) bond motifs is 1. The molecule has 0 saturated heterocycles. The molecule has 8 heteroatoms. The van der Waals surface area contributed by atoms with Crippen LogP contribution < -0.4 is 0 Å². The monoisotopic (exact) mass is 380 g/mol. The molecule has 0 unspecified atom stereocenters. The van der Waals surface area contributed by atoms with Gasteiger partial charge in [0, 0.05) is 11.1 Å². The molecule has 6 nitrogen and oxygen atoms in total. The van der Waals surface area contributed by atoms with E-state index in [0.29, 0.717) is 23.4 Å². The van der Waals surface area contributed by atoms with Crippen molar-refractivity contribution in [3.8, 4) is 23.0 Å². The number of ether oxygens (including phenoxy) is 1. The molecule has 5 rings (SSSR count). The molecule has 0 fully saturated rings. The lowest BCUT2D eigenvalue weighted by molar-refractivity contribution is 0.00126. The Morgan fingerprint density at radius 1 is 1.07 bits per heavy atom. The van der Waals surface area contributed by atoms with Crippen LogP contribution in [-0.4, -0.2) is 19.7 Å². The third-order valence-corrected chi connectivity index (χ3v) is 4.69. The molecule has 0 bridgehead atoms. The molecule has 28 heavy (non-hydrogen) atoms. The number of nitrogens with zero attached hydrogens (tertiary/aromatic N) is 4. The quantitative estimate of drug-likeness (QED) is 0.534. The summed E-state index contributed by atoms with van der Waals surface area (Å²) < 4.78 is 40.5. The molecule has 0 N–H and O–H groups in total. The van der Waals surface area contributed by atoms with E-state index in [1.54, 1.807) is 36.7 Å². The molecule has 0 radical (unpaired) electrons. The van der Waals surface area contributed by atoms with Crippen LogP contribution in [0.15, 0.2) is 59.4 Å². The van der Waals surface area contributed by atoms with Crippen LogP contribution in [0.1, 0.15) is 17.4 Å². The van der Waals surface area contributed by atoms with E-state index in [-0.39, 0.29) is 30.0 Å². The van der Waals surface area contributed by atoms with E-state index in [2.05, 4.69) is 15.1 Å². The van der Waals surface area contributed by atoms with Crippen molar-refractivity contribution in [1.29, 1.82) is 0 Å². The predicted molar refractivity (Wildman–Crippen MR) is 94.8 cm³/mol. The minimum absolute atomic E-state index is 0.223. The molecule has 140 valence electrons. The molecule has 2 aromatic heterocycles. The van der Waals surface area contributed by atoms with Gasteiger partial charge in [0.1, 0.15) is 17.7 Å². The summed E-state index contributed by atoms with van der Waals surface area (Å²) >= 11 is 0. The van der Waals surface area contributed by atoms with Crippen molar-refractivity contribution in [1.82, 2.24) is 19.7 Å². The van der Waals surface area contributed by atoms with Crippen LogP contribution in [0.25, 0.3) is 23.0 Å². The minimum Gasteiger partial charge on any atom is -0.365 e. The van der Waals surface area contributed by atoms with Crippen LogP contribution >= 0.6 is 0 Å². The number of aromatic nitrogens is 4. The van der Waals surface area contributed by atoms with Crippen molar-refractivity contribution in [3.63, 3.8) is 0 Å². The highest BCUT2D eigenvalue weighted by molar-refractivity contribution is 5.59. The molecule has 2 aromatic carbocycles. The first kappa shape index (κ1) is 16.8. The van der Waals surface area contributed by atoms with Crippen molar-refractivity contribution in [2.75, 3.05) is 0 Å². The van der Waals surface area contributed by atoms with Gasteiger partial charge in [0.15, 0.2) is 5.69 Å². The summed E-state index contributed by atoms with van der Waals surface area (Å²) in [6, 6.07) is 12.5. The minimum atomic E-state index is -0.402. The number of hydrogen-bond donors (Lipinski definition) is 0. The molecule has 1 aliphatic rings. The van der Waals surface area contributed by atoms with E-state index >= 15 is 0 Å². The summed E-state index contributed by atoms with van der Waals surface area (Å²) in [4.78, 5) is 8.69. The lowest BCUT2D eigenvalue weighted by Crippen LogP contribution is -2.21. The summed E-state index contributed by atoms with van der Waals surface area (Å²) in [6.07, 6.45) is 1.24. The van der Waals surface area contributed by atoms with Crippen LogP contribution in [0.3, 0.4) is 0 Å². The fraction of sp³-hybridized carbons (Fsp3) is 0.150. The Morgan fingerprint density at radius 3 is 2.82 bits per heavy atom. The summed E-state index contributed by atoms with van der Waals surface area (Å²) in [6.45, 7) is 0.653. The summed E-state index contributed by atoms with van der Waals surface area (Å²) in [5.74, 6) is -0.179. The fourth-order valence-electron chi connectivity index (χ4n) is 3.29. The van der Waals surface area contributed by atoms with Crippen LogP contribution in [0, 0.1) is 11.6 Å². The Hall–Kier alpha value is -3.39. The molecule has 1 atom stereocenters. The van der Waals surface area contributed by atoms with Gasteiger partial charge in [-0.1, -0.05) is 35.5 Å². The van der Waals surface area contributed by atoms with E-state index in [1.165, 1.54) is 18.2 Å². The lowest BCUT2D eigenvalue weighted by Gasteiger charge is -2.25. The van der Waals surface area contributed by atoms with Crippen LogP contribution in [0.4, 0.5) is 8.78 Å². The predicted octanol–water partition coefficient (Wildman–Crippen LogP) is 4.15. The molecule has 0 saturated carbocycles. The first-order valence-corrected chi connectivity index (χ1v) is 8.69.